The molecule has 0 amide bonds. The summed E-state index contributed by atoms with van der Waals surface area (Å²) in [5, 5.41) is 9.66. The van der Waals surface area contributed by atoms with Crippen molar-refractivity contribution in [1.82, 2.24) is 0 Å². The zero-order valence-corrected chi connectivity index (χ0v) is 14.0. The van der Waals surface area contributed by atoms with Crippen LogP contribution in [0.25, 0.3) is 11.6 Å². The van der Waals surface area contributed by atoms with Gasteiger partial charge in [-0.25, -0.2) is 4.79 Å². The highest BCUT2D eigenvalue weighted by Gasteiger charge is 2.18. The Morgan fingerprint density at radius 3 is 2.80 bits per heavy atom. The van der Waals surface area contributed by atoms with Gasteiger partial charge < -0.3 is 19.3 Å². The third-order valence-corrected chi connectivity index (χ3v) is 3.89. The van der Waals surface area contributed by atoms with E-state index < -0.39 is 5.97 Å². The van der Waals surface area contributed by atoms with Gasteiger partial charge in [0.05, 0.1) is 12.2 Å². The van der Waals surface area contributed by atoms with Gasteiger partial charge in [-0.05, 0) is 36.3 Å². The Balaban J connectivity index is 1.95. The van der Waals surface area contributed by atoms with Crippen molar-refractivity contribution in [2.24, 2.45) is 0 Å². The van der Waals surface area contributed by atoms with Crippen LogP contribution in [0.3, 0.4) is 0 Å². The minimum atomic E-state index is -1.01. The Morgan fingerprint density at radius 2 is 2.00 bits per heavy atom. The Labute approximate surface area is 146 Å². The molecule has 0 atom stereocenters. The molecule has 0 saturated heterocycles. The Morgan fingerprint density at radius 1 is 1.20 bits per heavy atom. The summed E-state index contributed by atoms with van der Waals surface area (Å²) in [6.07, 6.45) is 3.61. The van der Waals surface area contributed by atoms with Crippen molar-refractivity contribution in [2.75, 3.05) is 13.4 Å². The van der Waals surface area contributed by atoms with E-state index in [4.69, 9.17) is 14.2 Å². The van der Waals surface area contributed by atoms with E-state index in [0.29, 0.717) is 29.4 Å². The molecule has 0 radical (unpaired) electrons. The van der Waals surface area contributed by atoms with Gasteiger partial charge in [0.15, 0.2) is 11.5 Å². The van der Waals surface area contributed by atoms with Gasteiger partial charge >= 0.3 is 5.97 Å². The number of unbranched alkanes of at least 4 members (excludes halogenated alkanes) is 1. The fourth-order valence-corrected chi connectivity index (χ4v) is 2.55. The summed E-state index contributed by atoms with van der Waals surface area (Å²) in [4.78, 5) is 11.8. The van der Waals surface area contributed by atoms with E-state index in [1.165, 1.54) is 0 Å². The van der Waals surface area contributed by atoms with Crippen LogP contribution in [0.5, 0.6) is 17.2 Å². The molecule has 0 aromatic heterocycles. The lowest BCUT2D eigenvalue weighted by Crippen LogP contribution is -2.01. The van der Waals surface area contributed by atoms with Crippen molar-refractivity contribution < 1.29 is 24.1 Å². The van der Waals surface area contributed by atoms with E-state index in [2.05, 4.69) is 6.92 Å². The molecular weight excluding hydrogens is 320 g/mol. The predicted molar refractivity (Wildman–Crippen MR) is 94.9 cm³/mol. The van der Waals surface area contributed by atoms with Crippen molar-refractivity contribution in [1.29, 1.82) is 0 Å². The first-order chi connectivity index (χ1) is 12.2. The average Bonchev–Trinajstić information content (AvgIpc) is 3.08. The Bertz CT molecular complexity index is 794. The van der Waals surface area contributed by atoms with E-state index in [1.807, 2.05) is 24.3 Å². The SMILES string of the molecule is CCCCOc1ccccc1/C=C(\C(=O)O)c1ccc2c(c1)OCO2. The first-order valence-electron chi connectivity index (χ1n) is 8.26. The van der Waals surface area contributed by atoms with Crippen LogP contribution in [0.2, 0.25) is 0 Å². The number of benzene rings is 2. The summed E-state index contributed by atoms with van der Waals surface area (Å²) in [6, 6.07) is 12.5. The number of ether oxygens (including phenoxy) is 3. The predicted octanol–water partition coefficient (Wildman–Crippen LogP) is 4.22. The molecule has 5 heteroatoms. The standard InChI is InChI=1S/C20H20O5/c1-2-3-10-23-17-7-5-4-6-15(17)11-16(20(21)22)14-8-9-18-19(12-14)25-13-24-18/h4-9,11-12H,2-3,10,13H2,1H3,(H,21,22)/b16-11-. The van der Waals surface area contributed by atoms with Crippen LogP contribution in [0.15, 0.2) is 42.5 Å². The van der Waals surface area contributed by atoms with Crippen molar-refractivity contribution >= 4 is 17.6 Å². The summed E-state index contributed by atoms with van der Waals surface area (Å²) in [5.74, 6) is 0.839. The Kier molecular flexibility index (Phi) is 5.23. The molecule has 130 valence electrons. The highest BCUT2D eigenvalue weighted by Crippen LogP contribution is 2.35. The summed E-state index contributed by atoms with van der Waals surface area (Å²) in [7, 11) is 0. The van der Waals surface area contributed by atoms with E-state index >= 15 is 0 Å². The van der Waals surface area contributed by atoms with Crippen LogP contribution >= 0.6 is 0 Å². The fourth-order valence-electron chi connectivity index (χ4n) is 2.55. The number of hydrogen-bond donors (Lipinski definition) is 1. The second-order valence-corrected chi connectivity index (χ2v) is 5.67. The monoisotopic (exact) mass is 340 g/mol. The van der Waals surface area contributed by atoms with E-state index in [-0.39, 0.29) is 12.4 Å². The summed E-state index contributed by atoms with van der Waals surface area (Å²) in [5.41, 5.74) is 1.46. The normalized spacial score (nSPS) is 12.9. The number of aliphatic carboxylic acids is 1. The third kappa shape index (κ3) is 3.94. The van der Waals surface area contributed by atoms with Crippen LogP contribution in [0, 0.1) is 0 Å². The van der Waals surface area contributed by atoms with E-state index in [1.54, 1.807) is 24.3 Å². The molecule has 1 heterocycles. The van der Waals surface area contributed by atoms with Crippen molar-refractivity contribution in [3.63, 3.8) is 0 Å². The number of hydrogen-bond acceptors (Lipinski definition) is 4. The number of carboxylic acids is 1. The topological polar surface area (TPSA) is 65.0 Å². The van der Waals surface area contributed by atoms with Gasteiger partial charge in [0.1, 0.15) is 5.75 Å². The maximum Gasteiger partial charge on any atom is 0.336 e. The maximum absolute atomic E-state index is 11.8. The number of fused-ring (bicyclic) bond motifs is 1. The van der Waals surface area contributed by atoms with Crippen LogP contribution in [-0.2, 0) is 4.79 Å². The molecular formula is C20H20O5. The van der Waals surface area contributed by atoms with Gasteiger partial charge in [0.25, 0.3) is 0 Å². The van der Waals surface area contributed by atoms with Gasteiger partial charge in [-0.1, -0.05) is 37.6 Å². The number of carboxylic acid groups (broad SMARTS) is 1. The van der Waals surface area contributed by atoms with Crippen LogP contribution in [-0.4, -0.2) is 24.5 Å². The molecule has 0 aliphatic carbocycles. The molecule has 1 aliphatic rings. The van der Waals surface area contributed by atoms with Crippen LogP contribution in [0.4, 0.5) is 0 Å². The van der Waals surface area contributed by atoms with Crippen molar-refractivity contribution in [3.8, 4) is 17.2 Å². The number of para-hydroxylation sites is 1. The van der Waals surface area contributed by atoms with Gasteiger partial charge in [-0.2, -0.15) is 0 Å². The number of carbonyl (C=O) groups is 1. The average molecular weight is 340 g/mol. The lowest BCUT2D eigenvalue weighted by molar-refractivity contribution is -0.130. The summed E-state index contributed by atoms with van der Waals surface area (Å²) in [6.45, 7) is 2.85. The minimum absolute atomic E-state index is 0.152. The minimum Gasteiger partial charge on any atom is -0.493 e. The van der Waals surface area contributed by atoms with Crippen LogP contribution < -0.4 is 14.2 Å². The molecule has 0 unspecified atom stereocenters. The highest BCUT2D eigenvalue weighted by atomic mass is 16.7. The fraction of sp³-hybridized carbons (Fsp3) is 0.250. The third-order valence-electron chi connectivity index (χ3n) is 3.89. The molecule has 25 heavy (non-hydrogen) atoms. The molecule has 3 rings (SSSR count). The van der Waals surface area contributed by atoms with E-state index in [0.717, 1.165) is 18.4 Å². The molecule has 1 aliphatic heterocycles. The zero-order valence-electron chi connectivity index (χ0n) is 14.0. The van der Waals surface area contributed by atoms with Crippen molar-refractivity contribution in [2.45, 2.75) is 19.8 Å². The van der Waals surface area contributed by atoms with Gasteiger partial charge in [0.2, 0.25) is 6.79 Å². The molecule has 0 saturated carbocycles. The highest BCUT2D eigenvalue weighted by molar-refractivity contribution is 6.21. The smallest absolute Gasteiger partial charge is 0.336 e. The van der Waals surface area contributed by atoms with E-state index in [9.17, 15) is 9.90 Å². The van der Waals surface area contributed by atoms with Crippen LogP contribution in [0.1, 0.15) is 30.9 Å². The first-order valence-corrected chi connectivity index (χ1v) is 8.26. The molecule has 0 fully saturated rings. The molecule has 0 spiro atoms. The second kappa shape index (κ2) is 7.75. The summed E-state index contributed by atoms with van der Waals surface area (Å²) < 4.78 is 16.4. The molecule has 5 nitrogen and oxygen atoms in total. The lowest BCUT2D eigenvalue weighted by atomic mass is 10.0. The second-order valence-electron chi connectivity index (χ2n) is 5.67. The van der Waals surface area contributed by atoms with Gasteiger partial charge in [-0.15, -0.1) is 0 Å². The molecule has 1 N–H and O–H groups in total. The first kappa shape index (κ1) is 16.9. The van der Waals surface area contributed by atoms with Gasteiger partial charge in [-0.3, -0.25) is 0 Å². The molecule has 0 bridgehead atoms. The largest absolute Gasteiger partial charge is 0.493 e. The molecule has 2 aromatic rings. The van der Waals surface area contributed by atoms with Crippen molar-refractivity contribution in [3.05, 3.63) is 53.6 Å². The summed E-state index contributed by atoms with van der Waals surface area (Å²) >= 11 is 0. The Hall–Kier alpha value is -2.95. The molecule has 2 aromatic carbocycles. The maximum atomic E-state index is 11.8. The quantitative estimate of drug-likeness (QED) is 0.464. The number of rotatable bonds is 7. The lowest BCUT2D eigenvalue weighted by Gasteiger charge is -2.10. The zero-order chi connectivity index (χ0) is 17.6. The van der Waals surface area contributed by atoms with Gasteiger partial charge in [0, 0.05) is 5.56 Å².